The number of hydrogen-bond donors (Lipinski definition) is 0. The van der Waals surface area contributed by atoms with Crippen molar-refractivity contribution in [3.63, 3.8) is 0 Å². The molecular formula is C38H60OSi. The zero-order valence-corrected chi connectivity index (χ0v) is 28.4. The minimum Gasteiger partial charge on any atom is -0.413 e. The van der Waals surface area contributed by atoms with Gasteiger partial charge in [-0.1, -0.05) is 116 Å². The van der Waals surface area contributed by atoms with Crippen molar-refractivity contribution in [1.29, 1.82) is 0 Å². The first-order chi connectivity index (χ1) is 18.9. The minimum atomic E-state index is -1.84. The highest BCUT2D eigenvalue weighted by Gasteiger charge is 2.59. The largest absolute Gasteiger partial charge is 0.413 e. The van der Waals surface area contributed by atoms with E-state index in [1.807, 2.05) is 0 Å². The Hall–Kier alpha value is -1.12. The van der Waals surface area contributed by atoms with Crippen molar-refractivity contribution < 1.29 is 4.43 Å². The van der Waals surface area contributed by atoms with Crippen LogP contribution in [0.25, 0.3) is 6.08 Å². The van der Waals surface area contributed by atoms with Crippen molar-refractivity contribution in [2.24, 2.45) is 40.4 Å². The van der Waals surface area contributed by atoms with E-state index < -0.39 is 8.32 Å². The van der Waals surface area contributed by atoms with E-state index in [0.29, 0.717) is 39.5 Å². The lowest BCUT2D eigenvalue weighted by atomic mass is 9.47. The maximum atomic E-state index is 7.37. The fourth-order valence-corrected chi connectivity index (χ4v) is 16.9. The van der Waals surface area contributed by atoms with E-state index in [9.17, 15) is 0 Å². The highest BCUT2D eigenvalue weighted by atomic mass is 28.4. The summed E-state index contributed by atoms with van der Waals surface area (Å²) in [4.78, 5) is 0. The molecule has 0 heterocycles. The summed E-state index contributed by atoms with van der Waals surface area (Å²) in [5, 5.41) is 0. The Morgan fingerprint density at radius 3 is 2.15 bits per heavy atom. The predicted octanol–water partition coefficient (Wildman–Crippen LogP) is 11.5. The summed E-state index contributed by atoms with van der Waals surface area (Å²) in [6.07, 6.45) is 18.9. The number of rotatable bonds is 8. The molecule has 0 amide bonds. The van der Waals surface area contributed by atoms with Crippen LogP contribution < -0.4 is 0 Å². The number of benzene rings is 1. The second-order valence-electron chi connectivity index (χ2n) is 15.9. The van der Waals surface area contributed by atoms with Gasteiger partial charge in [0, 0.05) is 6.10 Å². The molecule has 1 nitrogen and oxygen atoms in total. The monoisotopic (exact) mass is 560 g/mol. The molecule has 222 valence electrons. The lowest BCUT2D eigenvalue weighted by molar-refractivity contribution is -0.0533. The highest BCUT2D eigenvalue weighted by molar-refractivity contribution is 6.77. The second kappa shape index (κ2) is 11.5. The molecular weight excluding hydrogens is 501 g/mol. The van der Waals surface area contributed by atoms with Gasteiger partial charge < -0.3 is 4.43 Å². The molecule has 0 N–H and O–H groups in total. The standard InChI is InChI=1S/C38H60OSi/c1-26(2)40(27(3)4,28(5)6)39-32-21-23-37(8)31(25-32)17-18-33-35-20-19-34(38(35,9)24-22-36(33)37)29(7)15-16-30-13-11-10-12-14-30/h10-17,26-29,32-36H,18-25H2,1-9H3/b16-15+/t29-,32+,33+,34-,35+,36+,37+,38-/m1/s1. The molecule has 0 aliphatic heterocycles. The van der Waals surface area contributed by atoms with Gasteiger partial charge in [-0.15, -0.1) is 0 Å². The van der Waals surface area contributed by atoms with Crippen LogP contribution in [0.3, 0.4) is 0 Å². The van der Waals surface area contributed by atoms with Crippen LogP contribution in [0, 0.1) is 40.4 Å². The molecule has 0 bridgehead atoms. The lowest BCUT2D eigenvalue weighted by Gasteiger charge is -2.59. The van der Waals surface area contributed by atoms with Gasteiger partial charge in [0.25, 0.3) is 0 Å². The van der Waals surface area contributed by atoms with Crippen molar-refractivity contribution >= 4 is 14.4 Å². The zero-order valence-electron chi connectivity index (χ0n) is 27.4. The van der Waals surface area contributed by atoms with Crippen molar-refractivity contribution in [2.45, 2.75) is 136 Å². The van der Waals surface area contributed by atoms with E-state index in [2.05, 4.69) is 111 Å². The maximum absolute atomic E-state index is 7.37. The third kappa shape index (κ3) is 5.06. The van der Waals surface area contributed by atoms with Gasteiger partial charge in [-0.25, -0.2) is 0 Å². The fourth-order valence-electron chi connectivity index (χ4n) is 11.3. The topological polar surface area (TPSA) is 9.23 Å². The van der Waals surface area contributed by atoms with Gasteiger partial charge in [-0.05, 0) is 114 Å². The summed E-state index contributed by atoms with van der Waals surface area (Å²) in [7, 11) is -1.84. The van der Waals surface area contributed by atoms with Crippen LogP contribution in [0.4, 0.5) is 0 Å². The second-order valence-corrected chi connectivity index (χ2v) is 21.3. The van der Waals surface area contributed by atoms with Crippen molar-refractivity contribution in [1.82, 2.24) is 0 Å². The minimum absolute atomic E-state index is 0.402. The fraction of sp³-hybridized carbons (Fsp3) is 0.737. The molecule has 0 unspecified atom stereocenters. The Morgan fingerprint density at radius 2 is 1.50 bits per heavy atom. The maximum Gasteiger partial charge on any atom is 0.200 e. The molecule has 0 spiro atoms. The van der Waals surface area contributed by atoms with Gasteiger partial charge in [0.15, 0.2) is 0 Å². The Balaban J connectivity index is 1.31. The Labute approximate surface area is 248 Å². The molecule has 2 heteroatoms. The molecule has 40 heavy (non-hydrogen) atoms. The summed E-state index contributed by atoms with van der Waals surface area (Å²) in [6, 6.07) is 10.9. The van der Waals surface area contributed by atoms with Crippen LogP contribution >= 0.6 is 0 Å². The molecule has 0 radical (unpaired) electrons. The van der Waals surface area contributed by atoms with Crippen LogP contribution in [-0.2, 0) is 4.43 Å². The van der Waals surface area contributed by atoms with E-state index in [4.69, 9.17) is 4.43 Å². The van der Waals surface area contributed by atoms with Gasteiger partial charge in [0.2, 0.25) is 8.32 Å². The third-order valence-corrected chi connectivity index (χ3v) is 19.4. The Morgan fingerprint density at radius 1 is 0.825 bits per heavy atom. The molecule has 4 aliphatic carbocycles. The number of allylic oxidation sites excluding steroid dienone is 2. The van der Waals surface area contributed by atoms with Crippen molar-refractivity contribution in [3.8, 4) is 0 Å². The summed E-state index contributed by atoms with van der Waals surface area (Å²) in [6.45, 7) is 22.5. The summed E-state index contributed by atoms with van der Waals surface area (Å²) in [5.41, 5.74) is 6.02. The molecule has 5 rings (SSSR count). The predicted molar refractivity (Wildman–Crippen MR) is 176 cm³/mol. The molecule has 1 aromatic carbocycles. The Bertz CT molecular complexity index is 1050. The van der Waals surface area contributed by atoms with Crippen molar-refractivity contribution in [3.05, 3.63) is 53.6 Å². The number of fused-ring (bicyclic) bond motifs is 5. The molecule has 4 aliphatic rings. The van der Waals surface area contributed by atoms with E-state index in [-0.39, 0.29) is 0 Å². The van der Waals surface area contributed by atoms with Gasteiger partial charge >= 0.3 is 0 Å². The van der Waals surface area contributed by atoms with E-state index >= 15 is 0 Å². The normalized spacial score (nSPS) is 37.0. The average Bonchev–Trinajstić information content (AvgIpc) is 3.27. The first-order valence-electron chi connectivity index (χ1n) is 17.0. The number of hydrogen-bond acceptors (Lipinski definition) is 1. The van der Waals surface area contributed by atoms with Gasteiger partial charge in [0.05, 0.1) is 0 Å². The van der Waals surface area contributed by atoms with Gasteiger partial charge in [-0.2, -0.15) is 0 Å². The zero-order chi connectivity index (χ0) is 28.9. The van der Waals surface area contributed by atoms with E-state index in [1.165, 1.54) is 56.9 Å². The van der Waals surface area contributed by atoms with Gasteiger partial charge in [0.1, 0.15) is 0 Å². The third-order valence-electron chi connectivity index (χ3n) is 13.2. The molecule has 1 aromatic rings. The summed E-state index contributed by atoms with van der Waals surface area (Å²) in [5.74, 6) is 4.13. The van der Waals surface area contributed by atoms with Crippen LogP contribution in [0.1, 0.15) is 119 Å². The van der Waals surface area contributed by atoms with Crippen LogP contribution in [-0.4, -0.2) is 14.4 Å². The van der Waals surface area contributed by atoms with Crippen LogP contribution in [0.2, 0.25) is 16.6 Å². The lowest BCUT2D eigenvalue weighted by Crippen LogP contribution is -2.53. The van der Waals surface area contributed by atoms with Gasteiger partial charge in [-0.3, -0.25) is 0 Å². The SMILES string of the molecule is CC(C)[Si](O[C@H]1CC[C@@]2(C)C(=CC[C@H]3[C@@H]4CC[C@H]([C@H](C)/C=C/c5ccccc5)[C@@]4(C)CC[C@@H]32)C1)(C(C)C)C(C)C. The first kappa shape index (κ1) is 30.3. The Kier molecular flexibility index (Phi) is 8.74. The van der Waals surface area contributed by atoms with Crippen LogP contribution in [0.5, 0.6) is 0 Å². The van der Waals surface area contributed by atoms with Crippen molar-refractivity contribution in [2.75, 3.05) is 0 Å². The summed E-state index contributed by atoms with van der Waals surface area (Å²) < 4.78 is 7.37. The quantitative estimate of drug-likeness (QED) is 0.227. The molecule has 3 fully saturated rings. The van der Waals surface area contributed by atoms with E-state index in [0.717, 1.165) is 23.7 Å². The smallest absolute Gasteiger partial charge is 0.200 e. The van der Waals surface area contributed by atoms with Crippen LogP contribution in [0.15, 0.2) is 48.1 Å². The first-order valence-corrected chi connectivity index (χ1v) is 19.2. The highest BCUT2D eigenvalue weighted by Crippen LogP contribution is 2.67. The average molecular weight is 561 g/mol. The van der Waals surface area contributed by atoms with E-state index in [1.54, 1.807) is 5.57 Å². The summed E-state index contributed by atoms with van der Waals surface area (Å²) >= 11 is 0. The molecule has 0 aromatic heterocycles. The molecule has 3 saturated carbocycles. The molecule has 8 atom stereocenters. The molecule has 0 saturated heterocycles.